The van der Waals surface area contributed by atoms with E-state index < -0.39 is 11.9 Å². The Balaban J connectivity index is 2.82. The average Bonchev–Trinajstić information content (AvgIpc) is 2.19. The molecule has 0 bridgehead atoms. The van der Waals surface area contributed by atoms with E-state index in [-0.39, 0.29) is 17.0 Å². The Hall–Kier alpha value is -1.42. The normalized spacial score (nSPS) is 13.3. The molecule has 0 aliphatic heterocycles. The van der Waals surface area contributed by atoms with E-state index in [1.165, 1.54) is 12.1 Å². The third kappa shape index (κ3) is 3.53. The van der Waals surface area contributed by atoms with E-state index in [0.29, 0.717) is 0 Å². The van der Waals surface area contributed by atoms with Gasteiger partial charge < -0.3 is 11.1 Å². The van der Waals surface area contributed by atoms with E-state index in [9.17, 15) is 9.18 Å². The highest BCUT2D eigenvalue weighted by molar-refractivity contribution is 5.95. The molecule has 0 spiro atoms. The van der Waals surface area contributed by atoms with Crippen molar-refractivity contribution in [3.8, 4) is 0 Å². The van der Waals surface area contributed by atoms with Gasteiger partial charge in [0.1, 0.15) is 5.82 Å². The monoisotopic (exact) mass is 238 g/mol. The van der Waals surface area contributed by atoms with Gasteiger partial charge >= 0.3 is 0 Å². The van der Waals surface area contributed by atoms with E-state index in [1.807, 2.05) is 20.8 Å². The van der Waals surface area contributed by atoms with E-state index in [1.54, 1.807) is 13.0 Å². The van der Waals surface area contributed by atoms with Crippen molar-refractivity contribution >= 4 is 11.6 Å². The highest BCUT2D eigenvalue weighted by Gasteiger charge is 2.27. The van der Waals surface area contributed by atoms with Gasteiger partial charge in [-0.1, -0.05) is 26.8 Å². The highest BCUT2D eigenvalue weighted by Crippen LogP contribution is 2.20. The zero-order valence-corrected chi connectivity index (χ0v) is 10.7. The van der Waals surface area contributed by atoms with Crippen molar-refractivity contribution in [2.24, 2.45) is 11.1 Å². The second kappa shape index (κ2) is 4.84. The van der Waals surface area contributed by atoms with Crippen LogP contribution < -0.4 is 11.1 Å². The Morgan fingerprint density at radius 3 is 2.47 bits per heavy atom. The number of hydrogen-bond acceptors (Lipinski definition) is 2. The summed E-state index contributed by atoms with van der Waals surface area (Å²) in [5.41, 5.74) is 6.40. The van der Waals surface area contributed by atoms with Gasteiger partial charge in [-0.25, -0.2) is 4.39 Å². The van der Waals surface area contributed by atoms with Crippen LogP contribution >= 0.6 is 0 Å². The number of carbonyl (C=O) groups excluding carboxylic acids is 1. The molecule has 0 unspecified atom stereocenters. The summed E-state index contributed by atoms with van der Waals surface area (Å²) in [4.78, 5) is 11.8. The molecule has 0 saturated carbocycles. The lowest BCUT2D eigenvalue weighted by molar-refractivity contribution is -0.119. The maximum absolute atomic E-state index is 13.5. The van der Waals surface area contributed by atoms with Crippen LogP contribution in [0.1, 0.15) is 26.3 Å². The smallest absolute Gasteiger partial charge is 0.241 e. The summed E-state index contributed by atoms with van der Waals surface area (Å²) < 4.78 is 13.5. The summed E-state index contributed by atoms with van der Waals surface area (Å²) in [5, 5.41) is 2.50. The minimum absolute atomic E-state index is 0.167. The fourth-order valence-corrected chi connectivity index (χ4v) is 1.33. The molecule has 4 heteroatoms. The standard InChI is InChI=1S/C13H19FN2O/c1-8-5-6-10(9(14)7-8)16-12(17)11(15)13(2,3)4/h5-7,11H,15H2,1-4H3,(H,16,17)/t11-/m0/s1. The third-order valence-corrected chi connectivity index (χ3v) is 2.60. The molecule has 1 atom stereocenters. The van der Waals surface area contributed by atoms with E-state index in [4.69, 9.17) is 5.73 Å². The van der Waals surface area contributed by atoms with Gasteiger partial charge in [-0.3, -0.25) is 4.79 Å². The Morgan fingerprint density at radius 1 is 1.41 bits per heavy atom. The van der Waals surface area contributed by atoms with Crippen LogP contribution in [-0.2, 0) is 4.79 Å². The first-order valence-electron chi connectivity index (χ1n) is 5.54. The van der Waals surface area contributed by atoms with Gasteiger partial charge in [0.15, 0.2) is 0 Å². The number of anilines is 1. The number of hydrogen-bond donors (Lipinski definition) is 2. The van der Waals surface area contributed by atoms with Gasteiger partial charge in [0.25, 0.3) is 0 Å². The molecule has 17 heavy (non-hydrogen) atoms. The predicted octanol–water partition coefficient (Wildman–Crippen LogP) is 2.45. The lowest BCUT2D eigenvalue weighted by Crippen LogP contribution is -2.45. The van der Waals surface area contributed by atoms with Crippen LogP contribution in [0.15, 0.2) is 18.2 Å². The van der Waals surface area contributed by atoms with Crippen molar-refractivity contribution in [2.75, 3.05) is 5.32 Å². The molecule has 1 rings (SSSR count). The molecule has 3 nitrogen and oxygen atoms in total. The Morgan fingerprint density at radius 2 is 2.00 bits per heavy atom. The summed E-state index contributed by atoms with van der Waals surface area (Å²) in [7, 11) is 0. The van der Waals surface area contributed by atoms with Crippen LogP contribution in [0.25, 0.3) is 0 Å². The molecule has 0 aliphatic rings. The molecule has 3 N–H and O–H groups in total. The molecule has 94 valence electrons. The van der Waals surface area contributed by atoms with Crippen LogP contribution in [0.4, 0.5) is 10.1 Å². The topological polar surface area (TPSA) is 55.1 Å². The number of aryl methyl sites for hydroxylation is 1. The van der Waals surface area contributed by atoms with Gasteiger partial charge in [-0.15, -0.1) is 0 Å². The molecule has 0 fully saturated rings. The Bertz CT molecular complexity index is 424. The maximum atomic E-state index is 13.5. The van der Waals surface area contributed by atoms with Crippen LogP contribution in [0.2, 0.25) is 0 Å². The minimum Gasteiger partial charge on any atom is -0.322 e. The van der Waals surface area contributed by atoms with Crippen molar-refractivity contribution in [1.82, 2.24) is 0 Å². The number of rotatable bonds is 2. The van der Waals surface area contributed by atoms with E-state index in [2.05, 4.69) is 5.32 Å². The zero-order chi connectivity index (χ0) is 13.2. The van der Waals surface area contributed by atoms with Gasteiger partial charge in [-0.05, 0) is 30.0 Å². The van der Waals surface area contributed by atoms with Crippen molar-refractivity contribution in [1.29, 1.82) is 0 Å². The summed E-state index contributed by atoms with van der Waals surface area (Å²) in [5.74, 6) is -0.820. The van der Waals surface area contributed by atoms with Gasteiger partial charge in [-0.2, -0.15) is 0 Å². The van der Waals surface area contributed by atoms with Gasteiger partial charge in [0.05, 0.1) is 11.7 Å². The highest BCUT2D eigenvalue weighted by atomic mass is 19.1. The predicted molar refractivity (Wildman–Crippen MR) is 67.2 cm³/mol. The molecule has 0 saturated heterocycles. The van der Waals surface area contributed by atoms with Crippen LogP contribution in [-0.4, -0.2) is 11.9 Å². The first-order valence-corrected chi connectivity index (χ1v) is 5.54. The van der Waals surface area contributed by atoms with Crippen LogP contribution in [0, 0.1) is 18.2 Å². The minimum atomic E-state index is -0.678. The molecule has 0 aromatic heterocycles. The van der Waals surface area contributed by atoms with Crippen LogP contribution in [0.5, 0.6) is 0 Å². The first kappa shape index (κ1) is 13.6. The number of carbonyl (C=O) groups is 1. The molecular weight excluding hydrogens is 219 g/mol. The first-order chi connectivity index (χ1) is 7.71. The molecule has 0 heterocycles. The number of amides is 1. The molecule has 0 radical (unpaired) electrons. The van der Waals surface area contributed by atoms with Crippen molar-refractivity contribution in [3.05, 3.63) is 29.6 Å². The number of nitrogens with one attached hydrogen (secondary N) is 1. The average molecular weight is 238 g/mol. The quantitative estimate of drug-likeness (QED) is 0.831. The lowest BCUT2D eigenvalue weighted by atomic mass is 9.87. The summed E-state index contributed by atoms with van der Waals surface area (Å²) in [6.07, 6.45) is 0. The van der Waals surface area contributed by atoms with Crippen LogP contribution in [0.3, 0.4) is 0 Å². The Labute approximate surface area is 101 Å². The lowest BCUT2D eigenvalue weighted by Gasteiger charge is -2.25. The summed E-state index contributed by atoms with van der Waals surface area (Å²) in [6, 6.07) is 3.97. The second-order valence-electron chi connectivity index (χ2n) is 5.32. The van der Waals surface area contributed by atoms with E-state index >= 15 is 0 Å². The van der Waals surface area contributed by atoms with Gasteiger partial charge in [0.2, 0.25) is 5.91 Å². The molecule has 1 aromatic carbocycles. The zero-order valence-electron chi connectivity index (χ0n) is 10.7. The summed E-state index contributed by atoms with van der Waals surface area (Å²) >= 11 is 0. The fourth-order valence-electron chi connectivity index (χ4n) is 1.33. The number of benzene rings is 1. The Kier molecular flexibility index (Phi) is 3.88. The van der Waals surface area contributed by atoms with E-state index in [0.717, 1.165) is 5.56 Å². The van der Waals surface area contributed by atoms with Gasteiger partial charge in [0, 0.05) is 0 Å². The second-order valence-corrected chi connectivity index (χ2v) is 5.32. The third-order valence-electron chi connectivity index (χ3n) is 2.60. The fraction of sp³-hybridized carbons (Fsp3) is 0.462. The molecule has 1 amide bonds. The van der Waals surface area contributed by atoms with Crippen molar-refractivity contribution in [2.45, 2.75) is 33.7 Å². The molecule has 1 aromatic rings. The SMILES string of the molecule is Cc1ccc(NC(=O)[C@H](N)C(C)(C)C)c(F)c1. The summed E-state index contributed by atoms with van der Waals surface area (Å²) in [6.45, 7) is 7.38. The van der Waals surface area contributed by atoms with Crippen molar-refractivity contribution < 1.29 is 9.18 Å². The largest absolute Gasteiger partial charge is 0.322 e. The van der Waals surface area contributed by atoms with Crippen molar-refractivity contribution in [3.63, 3.8) is 0 Å². The molecular formula is C13H19FN2O. The molecule has 0 aliphatic carbocycles. The number of nitrogens with two attached hydrogens (primary N) is 1. The number of halogens is 1. The maximum Gasteiger partial charge on any atom is 0.241 e.